The van der Waals surface area contributed by atoms with Gasteiger partial charge >= 0.3 is 5.97 Å². The maximum atomic E-state index is 11.1. The molecule has 0 radical (unpaired) electrons. The van der Waals surface area contributed by atoms with Gasteiger partial charge in [-0.05, 0) is 12.1 Å². The first-order valence-electron chi connectivity index (χ1n) is 5.77. The van der Waals surface area contributed by atoms with Gasteiger partial charge in [-0.15, -0.1) is 5.10 Å². The molecule has 0 atom stereocenters. The Hall–Kier alpha value is -2.28. The fourth-order valence-electron chi connectivity index (χ4n) is 1.72. The Balaban J connectivity index is 2.26. The Kier molecular flexibility index (Phi) is 4.19. The molecule has 0 unspecified atom stereocenters. The standard InChI is InChI=1S/C12H14N4O3/c1-19-7-5-10-11(12(17)18)14-15-16(10)8-9-4-2-3-6-13-9/h2-4,6H,5,7-8H2,1H3,(H,17,18). The minimum absolute atomic E-state index is 0.0343. The monoisotopic (exact) mass is 262 g/mol. The summed E-state index contributed by atoms with van der Waals surface area (Å²) >= 11 is 0. The van der Waals surface area contributed by atoms with Crippen LogP contribution < -0.4 is 0 Å². The number of pyridine rings is 1. The van der Waals surface area contributed by atoms with Gasteiger partial charge in [0.25, 0.3) is 0 Å². The summed E-state index contributed by atoms with van der Waals surface area (Å²) in [7, 11) is 1.56. The Morgan fingerprint density at radius 3 is 2.95 bits per heavy atom. The van der Waals surface area contributed by atoms with Crippen LogP contribution in [0, 0.1) is 0 Å². The van der Waals surface area contributed by atoms with Gasteiger partial charge in [0.05, 0.1) is 24.5 Å². The molecule has 0 aliphatic rings. The number of carboxylic acids is 1. The van der Waals surface area contributed by atoms with E-state index in [9.17, 15) is 4.79 Å². The fourth-order valence-corrected chi connectivity index (χ4v) is 1.72. The molecule has 7 heteroatoms. The second-order valence-corrected chi connectivity index (χ2v) is 3.91. The highest BCUT2D eigenvalue weighted by Gasteiger charge is 2.18. The number of methoxy groups -OCH3 is 1. The second-order valence-electron chi connectivity index (χ2n) is 3.91. The van der Waals surface area contributed by atoms with Crippen LogP contribution in [0.4, 0.5) is 0 Å². The first-order chi connectivity index (χ1) is 9.22. The van der Waals surface area contributed by atoms with Crippen LogP contribution in [-0.2, 0) is 17.7 Å². The van der Waals surface area contributed by atoms with Crippen molar-refractivity contribution in [1.29, 1.82) is 0 Å². The van der Waals surface area contributed by atoms with Gasteiger partial charge in [0.15, 0.2) is 5.69 Å². The maximum Gasteiger partial charge on any atom is 0.358 e. The lowest BCUT2D eigenvalue weighted by molar-refractivity contribution is 0.0688. The van der Waals surface area contributed by atoms with Gasteiger partial charge in [-0.1, -0.05) is 11.3 Å². The van der Waals surface area contributed by atoms with E-state index in [-0.39, 0.29) is 5.69 Å². The molecule has 2 aromatic rings. The largest absolute Gasteiger partial charge is 0.476 e. The van der Waals surface area contributed by atoms with Crippen molar-refractivity contribution in [2.45, 2.75) is 13.0 Å². The summed E-state index contributed by atoms with van der Waals surface area (Å²) in [4.78, 5) is 15.3. The minimum atomic E-state index is -1.08. The number of hydrogen-bond acceptors (Lipinski definition) is 5. The highest BCUT2D eigenvalue weighted by atomic mass is 16.5. The number of ether oxygens (including phenoxy) is 1. The van der Waals surface area contributed by atoms with Crippen LogP contribution >= 0.6 is 0 Å². The van der Waals surface area contributed by atoms with Crippen molar-refractivity contribution in [1.82, 2.24) is 20.0 Å². The number of nitrogens with zero attached hydrogens (tertiary/aromatic N) is 4. The summed E-state index contributed by atoms with van der Waals surface area (Å²) in [5.74, 6) is -1.08. The van der Waals surface area contributed by atoms with Crippen molar-refractivity contribution < 1.29 is 14.6 Å². The van der Waals surface area contributed by atoms with Crippen molar-refractivity contribution in [2.24, 2.45) is 0 Å². The van der Waals surface area contributed by atoms with Crippen LogP contribution in [0.3, 0.4) is 0 Å². The molecule has 7 nitrogen and oxygen atoms in total. The molecule has 0 aliphatic carbocycles. The van der Waals surface area contributed by atoms with E-state index in [1.165, 1.54) is 0 Å². The van der Waals surface area contributed by atoms with Crippen molar-refractivity contribution >= 4 is 5.97 Å². The first-order valence-corrected chi connectivity index (χ1v) is 5.77. The van der Waals surface area contributed by atoms with Crippen LogP contribution in [0.2, 0.25) is 0 Å². The third kappa shape index (κ3) is 3.14. The smallest absolute Gasteiger partial charge is 0.358 e. The third-order valence-electron chi connectivity index (χ3n) is 2.62. The number of carbonyl (C=O) groups is 1. The van der Waals surface area contributed by atoms with Gasteiger partial charge in [-0.2, -0.15) is 0 Å². The third-order valence-corrected chi connectivity index (χ3v) is 2.62. The van der Waals surface area contributed by atoms with E-state index in [0.717, 1.165) is 5.69 Å². The Labute approximate surface area is 109 Å². The van der Waals surface area contributed by atoms with Crippen molar-refractivity contribution in [3.05, 3.63) is 41.5 Å². The molecule has 1 N–H and O–H groups in total. The zero-order valence-corrected chi connectivity index (χ0v) is 10.5. The van der Waals surface area contributed by atoms with Gasteiger partial charge in [0, 0.05) is 19.7 Å². The summed E-state index contributed by atoms with van der Waals surface area (Å²) in [6.45, 7) is 0.802. The maximum absolute atomic E-state index is 11.1. The van der Waals surface area contributed by atoms with Crippen LogP contribution in [0.15, 0.2) is 24.4 Å². The second kappa shape index (κ2) is 6.05. The molecule has 0 fully saturated rings. The van der Waals surface area contributed by atoms with Crippen LogP contribution in [0.25, 0.3) is 0 Å². The van der Waals surface area contributed by atoms with E-state index in [2.05, 4.69) is 15.3 Å². The van der Waals surface area contributed by atoms with Gasteiger partial charge in [0.1, 0.15) is 0 Å². The molecule has 0 bridgehead atoms. The molecular formula is C12H14N4O3. The molecule has 0 spiro atoms. The quantitative estimate of drug-likeness (QED) is 0.820. The Morgan fingerprint density at radius 2 is 2.32 bits per heavy atom. The molecule has 19 heavy (non-hydrogen) atoms. The normalized spacial score (nSPS) is 10.6. The predicted molar refractivity (Wildman–Crippen MR) is 65.9 cm³/mol. The van der Waals surface area contributed by atoms with E-state index in [1.807, 2.05) is 18.2 Å². The summed E-state index contributed by atoms with van der Waals surface area (Å²) in [5.41, 5.74) is 1.30. The highest BCUT2D eigenvalue weighted by molar-refractivity contribution is 5.86. The lowest BCUT2D eigenvalue weighted by Gasteiger charge is -2.06. The summed E-state index contributed by atoms with van der Waals surface area (Å²) < 4.78 is 6.52. The van der Waals surface area contributed by atoms with Crippen LogP contribution in [-0.4, -0.2) is 44.8 Å². The van der Waals surface area contributed by atoms with Crippen LogP contribution in [0.5, 0.6) is 0 Å². The van der Waals surface area contributed by atoms with E-state index in [1.54, 1.807) is 18.0 Å². The van der Waals surface area contributed by atoms with E-state index < -0.39 is 5.97 Å². The summed E-state index contributed by atoms with van der Waals surface area (Å²) in [6.07, 6.45) is 2.12. The molecule has 2 heterocycles. The molecule has 0 amide bonds. The van der Waals surface area contributed by atoms with E-state index >= 15 is 0 Å². The van der Waals surface area contributed by atoms with Gasteiger partial charge in [-0.25, -0.2) is 9.48 Å². The average molecular weight is 262 g/mol. The van der Waals surface area contributed by atoms with Gasteiger partial charge in [0.2, 0.25) is 0 Å². The number of carboxylic acid groups (broad SMARTS) is 1. The molecular weight excluding hydrogens is 248 g/mol. The first kappa shape index (κ1) is 13.2. The predicted octanol–water partition coefficient (Wildman–Crippen LogP) is 0.608. The van der Waals surface area contributed by atoms with E-state index in [4.69, 9.17) is 9.84 Å². The van der Waals surface area contributed by atoms with Crippen LogP contribution in [0.1, 0.15) is 21.9 Å². The zero-order valence-electron chi connectivity index (χ0n) is 10.5. The minimum Gasteiger partial charge on any atom is -0.476 e. The molecule has 0 saturated heterocycles. The lowest BCUT2D eigenvalue weighted by Crippen LogP contribution is -2.12. The highest BCUT2D eigenvalue weighted by Crippen LogP contribution is 2.09. The van der Waals surface area contributed by atoms with Crippen molar-refractivity contribution in [3.8, 4) is 0 Å². The van der Waals surface area contributed by atoms with Gasteiger partial charge < -0.3 is 9.84 Å². The SMILES string of the molecule is COCCc1c(C(=O)O)nnn1Cc1ccccn1. The number of aromatic carboxylic acids is 1. The lowest BCUT2D eigenvalue weighted by atomic mass is 10.2. The molecule has 0 aromatic carbocycles. The Bertz CT molecular complexity index is 553. The number of rotatable bonds is 6. The summed E-state index contributed by atoms with van der Waals surface area (Å²) in [6, 6.07) is 5.54. The average Bonchev–Trinajstić information content (AvgIpc) is 2.80. The summed E-state index contributed by atoms with van der Waals surface area (Å²) in [5, 5.41) is 16.6. The van der Waals surface area contributed by atoms with Crippen molar-refractivity contribution in [3.63, 3.8) is 0 Å². The molecule has 100 valence electrons. The van der Waals surface area contributed by atoms with Crippen molar-refractivity contribution in [2.75, 3.05) is 13.7 Å². The molecule has 2 aromatic heterocycles. The molecule has 2 rings (SSSR count). The number of aromatic nitrogens is 4. The fraction of sp³-hybridized carbons (Fsp3) is 0.333. The Morgan fingerprint density at radius 1 is 1.47 bits per heavy atom. The van der Waals surface area contributed by atoms with E-state index in [0.29, 0.717) is 25.3 Å². The number of hydrogen-bond donors (Lipinski definition) is 1. The molecule has 0 saturated carbocycles. The zero-order chi connectivity index (χ0) is 13.7. The topological polar surface area (TPSA) is 90.1 Å². The molecule has 0 aliphatic heterocycles. The van der Waals surface area contributed by atoms with Gasteiger partial charge in [-0.3, -0.25) is 4.98 Å².